The zero-order valence-corrected chi connectivity index (χ0v) is 12.6. The number of nitrogens with zero attached hydrogens (tertiary/aromatic N) is 2. The maximum atomic E-state index is 11.7. The molecule has 1 aromatic rings. The van der Waals surface area contributed by atoms with E-state index in [9.17, 15) is 8.42 Å². The molecule has 0 aliphatic carbocycles. The molecule has 0 fully saturated rings. The standard InChI is InChI=1S/C13H10Cl2N2O2S/c14-11-5-1-3-9(12(11)15)10-4-2-6-17-7-8-20(18,19)16-13(10)17/h1-6H,7-8H2. The lowest BCUT2D eigenvalue weighted by atomic mass is 10.0. The summed E-state index contributed by atoms with van der Waals surface area (Å²) in [6, 6.07) is 5.25. The Kier molecular flexibility index (Phi) is 3.36. The highest BCUT2D eigenvalue weighted by Gasteiger charge is 2.28. The summed E-state index contributed by atoms with van der Waals surface area (Å²) in [5, 5.41) is 0.812. The summed E-state index contributed by atoms with van der Waals surface area (Å²) >= 11 is 12.2. The molecule has 7 heteroatoms. The lowest BCUT2D eigenvalue weighted by Gasteiger charge is -2.29. The van der Waals surface area contributed by atoms with Gasteiger partial charge in [-0.15, -0.1) is 4.40 Å². The number of amidine groups is 1. The van der Waals surface area contributed by atoms with Crippen LogP contribution in [0.5, 0.6) is 0 Å². The van der Waals surface area contributed by atoms with Crippen LogP contribution in [0.25, 0.3) is 5.57 Å². The van der Waals surface area contributed by atoms with Crippen molar-refractivity contribution in [1.82, 2.24) is 4.90 Å². The van der Waals surface area contributed by atoms with Gasteiger partial charge in [-0.1, -0.05) is 35.3 Å². The first-order valence-electron chi connectivity index (χ1n) is 5.90. The Morgan fingerprint density at radius 1 is 1.25 bits per heavy atom. The summed E-state index contributed by atoms with van der Waals surface area (Å²) in [6.07, 6.45) is 5.42. The van der Waals surface area contributed by atoms with Gasteiger partial charge in [0, 0.05) is 23.9 Å². The molecule has 20 heavy (non-hydrogen) atoms. The third-order valence-corrected chi connectivity index (χ3v) is 5.07. The van der Waals surface area contributed by atoms with Gasteiger partial charge in [0.05, 0.1) is 15.8 Å². The smallest absolute Gasteiger partial charge is 0.256 e. The number of allylic oxidation sites excluding steroid dienone is 2. The van der Waals surface area contributed by atoms with Crippen LogP contribution in [0.1, 0.15) is 5.56 Å². The highest BCUT2D eigenvalue weighted by molar-refractivity contribution is 7.90. The van der Waals surface area contributed by atoms with Crippen molar-refractivity contribution in [3.8, 4) is 0 Å². The molecule has 0 unspecified atom stereocenters. The van der Waals surface area contributed by atoms with E-state index in [0.29, 0.717) is 33.6 Å². The fourth-order valence-corrected chi connectivity index (χ4v) is 3.53. The molecule has 104 valence electrons. The van der Waals surface area contributed by atoms with Gasteiger partial charge in [-0.25, -0.2) is 8.42 Å². The van der Waals surface area contributed by atoms with Crippen molar-refractivity contribution in [2.24, 2.45) is 4.40 Å². The number of hydrogen-bond acceptors (Lipinski definition) is 3. The van der Waals surface area contributed by atoms with Crippen LogP contribution < -0.4 is 0 Å². The van der Waals surface area contributed by atoms with Gasteiger partial charge in [0.15, 0.2) is 5.84 Å². The monoisotopic (exact) mass is 328 g/mol. The predicted octanol–water partition coefficient (Wildman–Crippen LogP) is 2.95. The van der Waals surface area contributed by atoms with Crippen molar-refractivity contribution in [3.05, 3.63) is 52.2 Å². The maximum Gasteiger partial charge on any atom is 0.256 e. The van der Waals surface area contributed by atoms with Gasteiger partial charge >= 0.3 is 0 Å². The van der Waals surface area contributed by atoms with Crippen LogP contribution in [0.15, 0.2) is 40.9 Å². The van der Waals surface area contributed by atoms with Crippen molar-refractivity contribution < 1.29 is 8.42 Å². The van der Waals surface area contributed by atoms with E-state index in [1.165, 1.54) is 0 Å². The highest BCUT2D eigenvalue weighted by atomic mass is 35.5. The minimum Gasteiger partial charge on any atom is -0.331 e. The minimum absolute atomic E-state index is 0.0113. The number of sulfonamides is 1. The molecule has 0 bridgehead atoms. The molecular weight excluding hydrogens is 319 g/mol. The normalized spacial score (nSPS) is 20.2. The topological polar surface area (TPSA) is 49.7 Å². The first kappa shape index (κ1) is 13.7. The van der Waals surface area contributed by atoms with E-state index in [0.717, 1.165) is 0 Å². The van der Waals surface area contributed by atoms with Gasteiger partial charge in [-0.3, -0.25) is 0 Å². The van der Waals surface area contributed by atoms with Gasteiger partial charge in [-0.2, -0.15) is 0 Å². The Balaban J connectivity index is 2.18. The second-order valence-electron chi connectivity index (χ2n) is 4.42. The van der Waals surface area contributed by atoms with Gasteiger partial charge < -0.3 is 4.90 Å². The van der Waals surface area contributed by atoms with Crippen LogP contribution in [-0.4, -0.2) is 31.5 Å². The molecule has 0 N–H and O–H groups in total. The van der Waals surface area contributed by atoms with E-state index in [2.05, 4.69) is 4.40 Å². The SMILES string of the molecule is O=S1(=O)CCN2C=CC=C(c3cccc(Cl)c3Cl)C2=N1. The van der Waals surface area contributed by atoms with E-state index >= 15 is 0 Å². The Morgan fingerprint density at radius 3 is 2.85 bits per heavy atom. The molecule has 2 aliphatic heterocycles. The Bertz CT molecular complexity index is 767. The molecule has 2 heterocycles. The largest absolute Gasteiger partial charge is 0.331 e. The van der Waals surface area contributed by atoms with E-state index < -0.39 is 10.0 Å². The molecule has 0 radical (unpaired) electrons. The zero-order valence-electron chi connectivity index (χ0n) is 10.3. The van der Waals surface area contributed by atoms with E-state index in [1.54, 1.807) is 35.4 Å². The van der Waals surface area contributed by atoms with Gasteiger partial charge in [0.1, 0.15) is 0 Å². The first-order valence-corrected chi connectivity index (χ1v) is 8.27. The van der Waals surface area contributed by atoms with E-state index in [4.69, 9.17) is 23.2 Å². The van der Waals surface area contributed by atoms with Crippen LogP contribution >= 0.6 is 23.2 Å². The average molecular weight is 329 g/mol. The Morgan fingerprint density at radius 2 is 2.05 bits per heavy atom. The maximum absolute atomic E-state index is 11.7. The van der Waals surface area contributed by atoms with E-state index in [1.807, 2.05) is 6.08 Å². The number of benzene rings is 1. The van der Waals surface area contributed by atoms with Crippen LogP contribution in [0.2, 0.25) is 10.0 Å². The Labute approximate surface area is 127 Å². The predicted molar refractivity (Wildman–Crippen MR) is 81.5 cm³/mol. The summed E-state index contributed by atoms with van der Waals surface area (Å²) in [5.41, 5.74) is 1.33. The van der Waals surface area contributed by atoms with Crippen molar-refractivity contribution in [1.29, 1.82) is 0 Å². The van der Waals surface area contributed by atoms with Gasteiger partial charge in [0.2, 0.25) is 0 Å². The van der Waals surface area contributed by atoms with Crippen LogP contribution in [0.3, 0.4) is 0 Å². The molecule has 3 rings (SSSR count). The zero-order chi connectivity index (χ0) is 14.3. The van der Waals surface area contributed by atoms with E-state index in [-0.39, 0.29) is 5.75 Å². The lowest BCUT2D eigenvalue weighted by molar-refractivity contribution is 0.550. The number of fused-ring (bicyclic) bond motifs is 1. The summed E-state index contributed by atoms with van der Waals surface area (Å²) < 4.78 is 27.3. The number of rotatable bonds is 1. The van der Waals surface area contributed by atoms with Gasteiger partial charge in [-0.05, 0) is 18.2 Å². The molecule has 0 saturated carbocycles. The fourth-order valence-electron chi connectivity index (χ4n) is 2.14. The number of hydrogen-bond donors (Lipinski definition) is 0. The molecule has 0 saturated heterocycles. The fraction of sp³-hybridized carbons (Fsp3) is 0.154. The molecule has 4 nitrogen and oxygen atoms in total. The second-order valence-corrected chi connectivity index (χ2v) is 6.96. The summed E-state index contributed by atoms with van der Waals surface area (Å²) in [5.74, 6) is 0.403. The Hall–Kier alpha value is -1.30. The number of halogens is 2. The van der Waals surface area contributed by atoms with Crippen LogP contribution in [-0.2, 0) is 10.0 Å². The van der Waals surface area contributed by atoms with Gasteiger partial charge in [0.25, 0.3) is 10.0 Å². The van der Waals surface area contributed by atoms with Crippen molar-refractivity contribution in [2.75, 3.05) is 12.3 Å². The molecule has 1 aromatic carbocycles. The average Bonchev–Trinajstić information content (AvgIpc) is 2.41. The summed E-state index contributed by atoms with van der Waals surface area (Å²) in [6.45, 7) is 0.382. The third-order valence-electron chi connectivity index (χ3n) is 3.10. The minimum atomic E-state index is -3.42. The first-order chi connectivity index (χ1) is 9.48. The second kappa shape index (κ2) is 4.91. The van der Waals surface area contributed by atoms with Crippen LogP contribution in [0.4, 0.5) is 0 Å². The molecule has 0 spiro atoms. The quantitative estimate of drug-likeness (QED) is 0.796. The van der Waals surface area contributed by atoms with Crippen LogP contribution in [0, 0.1) is 0 Å². The molecule has 2 aliphatic rings. The molecule has 0 atom stereocenters. The van der Waals surface area contributed by atoms with Crippen molar-refractivity contribution in [2.45, 2.75) is 0 Å². The molecule has 0 aromatic heterocycles. The summed E-state index contributed by atoms with van der Waals surface area (Å²) in [7, 11) is -3.42. The molecule has 0 amide bonds. The highest BCUT2D eigenvalue weighted by Crippen LogP contribution is 2.34. The van der Waals surface area contributed by atoms with Crippen molar-refractivity contribution in [3.63, 3.8) is 0 Å². The summed E-state index contributed by atoms with van der Waals surface area (Å²) in [4.78, 5) is 1.80. The third kappa shape index (κ3) is 2.37. The molecular formula is C13H10Cl2N2O2S. The lowest BCUT2D eigenvalue weighted by Crippen LogP contribution is -2.37. The van der Waals surface area contributed by atoms with Crippen molar-refractivity contribution >= 4 is 44.6 Å².